The second-order valence-electron chi connectivity index (χ2n) is 3.75. The SMILES string of the molecule is COCC(O)CCNC(=O)Cc1ccccn1. The summed E-state index contributed by atoms with van der Waals surface area (Å²) in [5.41, 5.74) is 0.738. The molecule has 1 aromatic heterocycles. The smallest absolute Gasteiger partial charge is 0.226 e. The number of carbonyl (C=O) groups is 1. The summed E-state index contributed by atoms with van der Waals surface area (Å²) in [6.45, 7) is 0.728. The molecule has 5 nitrogen and oxygen atoms in total. The standard InChI is InChI=1S/C12H18N2O3/c1-17-9-11(15)5-7-14-12(16)8-10-4-2-3-6-13-10/h2-4,6,11,15H,5,7-9H2,1H3,(H,14,16). The fraction of sp³-hybridized carbons (Fsp3) is 0.500. The summed E-state index contributed by atoms with van der Waals surface area (Å²) in [7, 11) is 1.53. The number of carbonyl (C=O) groups excluding carboxylic acids is 1. The Labute approximate surface area is 101 Å². The van der Waals surface area contributed by atoms with Gasteiger partial charge >= 0.3 is 0 Å². The number of aliphatic hydroxyl groups is 1. The first-order valence-corrected chi connectivity index (χ1v) is 5.56. The molecule has 0 aliphatic heterocycles. The summed E-state index contributed by atoms with van der Waals surface area (Å²) in [5, 5.41) is 12.1. The number of methoxy groups -OCH3 is 1. The van der Waals surface area contributed by atoms with Crippen molar-refractivity contribution in [3.63, 3.8) is 0 Å². The van der Waals surface area contributed by atoms with Gasteiger partial charge in [0, 0.05) is 25.5 Å². The molecule has 0 saturated heterocycles. The van der Waals surface area contributed by atoms with E-state index in [4.69, 9.17) is 4.74 Å². The maximum Gasteiger partial charge on any atom is 0.226 e. The van der Waals surface area contributed by atoms with Crippen LogP contribution in [-0.4, -0.2) is 42.4 Å². The van der Waals surface area contributed by atoms with Crippen LogP contribution in [0.3, 0.4) is 0 Å². The summed E-state index contributed by atoms with van der Waals surface area (Å²) < 4.78 is 4.78. The number of rotatable bonds is 7. The van der Waals surface area contributed by atoms with E-state index >= 15 is 0 Å². The first-order chi connectivity index (χ1) is 8.22. The number of ether oxygens (including phenoxy) is 1. The monoisotopic (exact) mass is 238 g/mol. The van der Waals surface area contributed by atoms with Gasteiger partial charge < -0.3 is 15.2 Å². The summed E-state index contributed by atoms with van der Waals surface area (Å²) in [4.78, 5) is 15.5. The fourth-order valence-corrected chi connectivity index (χ4v) is 1.38. The molecule has 5 heteroatoms. The first kappa shape index (κ1) is 13.6. The minimum absolute atomic E-state index is 0.0895. The molecule has 0 spiro atoms. The van der Waals surface area contributed by atoms with Crippen molar-refractivity contribution in [1.29, 1.82) is 0 Å². The van der Waals surface area contributed by atoms with Gasteiger partial charge in [0.05, 0.1) is 19.1 Å². The third kappa shape index (κ3) is 5.99. The van der Waals surface area contributed by atoms with Crippen LogP contribution in [0.1, 0.15) is 12.1 Å². The molecule has 0 aliphatic carbocycles. The van der Waals surface area contributed by atoms with Crippen LogP contribution < -0.4 is 5.32 Å². The van der Waals surface area contributed by atoms with Crippen LogP contribution in [0, 0.1) is 0 Å². The number of aliphatic hydroxyl groups excluding tert-OH is 1. The van der Waals surface area contributed by atoms with E-state index < -0.39 is 6.10 Å². The Bertz CT molecular complexity index is 330. The number of aromatic nitrogens is 1. The minimum Gasteiger partial charge on any atom is -0.391 e. The molecule has 1 aromatic rings. The highest BCUT2D eigenvalue weighted by atomic mass is 16.5. The summed E-state index contributed by atoms with van der Waals surface area (Å²) in [5.74, 6) is -0.0895. The Kier molecular flexibility index (Phi) is 6.21. The quantitative estimate of drug-likeness (QED) is 0.708. The van der Waals surface area contributed by atoms with E-state index in [1.54, 1.807) is 12.3 Å². The molecule has 0 aromatic carbocycles. The molecule has 0 aliphatic rings. The number of hydrogen-bond donors (Lipinski definition) is 2. The van der Waals surface area contributed by atoms with Crippen LogP contribution in [-0.2, 0) is 16.0 Å². The molecule has 1 unspecified atom stereocenters. The van der Waals surface area contributed by atoms with Gasteiger partial charge in [-0.25, -0.2) is 0 Å². The van der Waals surface area contributed by atoms with Crippen LogP contribution in [0.15, 0.2) is 24.4 Å². The molecule has 94 valence electrons. The van der Waals surface area contributed by atoms with E-state index in [1.807, 2.05) is 12.1 Å². The normalized spacial score (nSPS) is 12.1. The van der Waals surface area contributed by atoms with Gasteiger partial charge in [0.1, 0.15) is 0 Å². The van der Waals surface area contributed by atoms with E-state index in [2.05, 4.69) is 10.3 Å². The topological polar surface area (TPSA) is 71.5 Å². The third-order valence-corrected chi connectivity index (χ3v) is 2.23. The molecule has 1 heterocycles. The molecule has 2 N–H and O–H groups in total. The molecule has 0 bridgehead atoms. The minimum atomic E-state index is -0.532. The van der Waals surface area contributed by atoms with E-state index in [1.165, 1.54) is 7.11 Å². The highest BCUT2D eigenvalue weighted by molar-refractivity contribution is 5.77. The van der Waals surface area contributed by atoms with Gasteiger partial charge in [-0.1, -0.05) is 6.07 Å². The molecule has 1 atom stereocenters. The second kappa shape index (κ2) is 7.76. The molecule has 1 amide bonds. The van der Waals surface area contributed by atoms with Crippen LogP contribution in [0.4, 0.5) is 0 Å². The van der Waals surface area contributed by atoms with Gasteiger partial charge in [-0.15, -0.1) is 0 Å². The van der Waals surface area contributed by atoms with Crippen molar-refractivity contribution in [2.24, 2.45) is 0 Å². The van der Waals surface area contributed by atoms with Crippen LogP contribution >= 0.6 is 0 Å². The van der Waals surface area contributed by atoms with E-state index in [-0.39, 0.29) is 18.9 Å². The van der Waals surface area contributed by atoms with Gasteiger partial charge in [0.25, 0.3) is 0 Å². The van der Waals surface area contributed by atoms with Gasteiger partial charge in [-0.05, 0) is 18.6 Å². The number of pyridine rings is 1. The van der Waals surface area contributed by atoms with Crippen molar-refractivity contribution in [2.45, 2.75) is 18.9 Å². The van der Waals surface area contributed by atoms with Crippen LogP contribution in [0.5, 0.6) is 0 Å². The first-order valence-electron chi connectivity index (χ1n) is 5.56. The molecule has 17 heavy (non-hydrogen) atoms. The lowest BCUT2D eigenvalue weighted by Crippen LogP contribution is -2.29. The Morgan fingerprint density at radius 3 is 3.06 bits per heavy atom. The summed E-state index contributed by atoms with van der Waals surface area (Å²) >= 11 is 0. The lowest BCUT2D eigenvalue weighted by molar-refractivity contribution is -0.120. The molecular weight excluding hydrogens is 220 g/mol. The summed E-state index contributed by atoms with van der Waals surface area (Å²) in [6.07, 6.45) is 1.88. The van der Waals surface area contributed by atoms with Crippen LogP contribution in [0.25, 0.3) is 0 Å². The van der Waals surface area contributed by atoms with Crippen molar-refractivity contribution in [2.75, 3.05) is 20.3 Å². The Morgan fingerprint density at radius 1 is 1.59 bits per heavy atom. The van der Waals surface area contributed by atoms with Crippen molar-refractivity contribution in [3.8, 4) is 0 Å². The van der Waals surface area contributed by atoms with Crippen molar-refractivity contribution in [1.82, 2.24) is 10.3 Å². The highest BCUT2D eigenvalue weighted by Gasteiger charge is 2.06. The molecule has 0 saturated carbocycles. The second-order valence-corrected chi connectivity index (χ2v) is 3.75. The Balaban J connectivity index is 2.18. The number of nitrogens with one attached hydrogen (secondary N) is 1. The maximum absolute atomic E-state index is 11.5. The van der Waals surface area contributed by atoms with Gasteiger partial charge in [-0.3, -0.25) is 9.78 Å². The molecule has 1 rings (SSSR count). The van der Waals surface area contributed by atoms with Gasteiger partial charge in [0.2, 0.25) is 5.91 Å². The number of hydrogen-bond acceptors (Lipinski definition) is 4. The maximum atomic E-state index is 11.5. The predicted molar refractivity (Wildman–Crippen MR) is 63.5 cm³/mol. The van der Waals surface area contributed by atoms with Crippen molar-refractivity contribution >= 4 is 5.91 Å². The average molecular weight is 238 g/mol. The van der Waals surface area contributed by atoms with Gasteiger partial charge in [0.15, 0.2) is 0 Å². The lowest BCUT2D eigenvalue weighted by Gasteiger charge is -2.09. The molecule has 0 fully saturated rings. The zero-order chi connectivity index (χ0) is 12.5. The third-order valence-electron chi connectivity index (χ3n) is 2.23. The fourth-order valence-electron chi connectivity index (χ4n) is 1.38. The van der Waals surface area contributed by atoms with Crippen LogP contribution in [0.2, 0.25) is 0 Å². The molecular formula is C12H18N2O3. The zero-order valence-corrected chi connectivity index (χ0v) is 9.93. The number of amides is 1. The van der Waals surface area contributed by atoms with Crippen molar-refractivity contribution in [3.05, 3.63) is 30.1 Å². The number of nitrogens with zero attached hydrogens (tertiary/aromatic N) is 1. The lowest BCUT2D eigenvalue weighted by atomic mass is 10.2. The molecule has 0 radical (unpaired) electrons. The zero-order valence-electron chi connectivity index (χ0n) is 9.93. The largest absolute Gasteiger partial charge is 0.391 e. The predicted octanol–water partition coefficient (Wildman–Crippen LogP) is 0.138. The van der Waals surface area contributed by atoms with E-state index in [9.17, 15) is 9.90 Å². The highest BCUT2D eigenvalue weighted by Crippen LogP contribution is 1.95. The van der Waals surface area contributed by atoms with Crippen molar-refractivity contribution < 1.29 is 14.6 Å². The van der Waals surface area contributed by atoms with E-state index in [0.29, 0.717) is 13.0 Å². The Hall–Kier alpha value is -1.46. The average Bonchev–Trinajstić information content (AvgIpc) is 2.30. The van der Waals surface area contributed by atoms with Gasteiger partial charge in [-0.2, -0.15) is 0 Å². The van der Waals surface area contributed by atoms with E-state index in [0.717, 1.165) is 5.69 Å². The Morgan fingerprint density at radius 2 is 2.41 bits per heavy atom. The summed E-state index contributed by atoms with van der Waals surface area (Å²) in [6, 6.07) is 5.46.